The van der Waals surface area contributed by atoms with Gasteiger partial charge in [-0.3, -0.25) is 4.79 Å². The Hall–Kier alpha value is -2.56. The Bertz CT molecular complexity index is 691. The Labute approximate surface area is 122 Å². The molecule has 5 heteroatoms. The van der Waals surface area contributed by atoms with E-state index in [-0.39, 0.29) is 5.56 Å². The van der Waals surface area contributed by atoms with E-state index in [0.717, 1.165) is 24.2 Å². The number of aryl methyl sites for hydroxylation is 2. The van der Waals surface area contributed by atoms with E-state index in [1.165, 1.54) is 10.6 Å². The lowest BCUT2D eigenvalue weighted by atomic mass is 10.1. The van der Waals surface area contributed by atoms with Crippen LogP contribution in [0.1, 0.15) is 22.3 Å². The van der Waals surface area contributed by atoms with Gasteiger partial charge in [-0.2, -0.15) is 0 Å². The number of pyridine rings is 1. The summed E-state index contributed by atoms with van der Waals surface area (Å²) < 4.78 is 6.71. The van der Waals surface area contributed by atoms with Crippen molar-refractivity contribution in [2.75, 3.05) is 7.11 Å². The van der Waals surface area contributed by atoms with Gasteiger partial charge in [0.15, 0.2) is 0 Å². The van der Waals surface area contributed by atoms with Crippen molar-refractivity contribution >= 4 is 5.97 Å². The molecule has 0 saturated carbocycles. The third kappa shape index (κ3) is 3.51. The standard InChI is InChI=1S/C16H17NO4/c1-21-14-9-3-2-6-12(14)7-4-10-17-11-5-8-13(15(17)18)16(19)20/h2-3,5-6,8-9,11H,4,7,10H2,1H3,(H,19,20). The van der Waals surface area contributed by atoms with Crippen LogP contribution in [0.25, 0.3) is 0 Å². The third-order valence-corrected chi connectivity index (χ3v) is 3.29. The molecule has 0 unspecified atom stereocenters. The molecular formula is C16H17NO4. The van der Waals surface area contributed by atoms with Gasteiger partial charge in [0.1, 0.15) is 11.3 Å². The Kier molecular flexibility index (Phi) is 4.77. The van der Waals surface area contributed by atoms with Crippen LogP contribution in [0.15, 0.2) is 47.4 Å². The van der Waals surface area contributed by atoms with Gasteiger partial charge in [-0.25, -0.2) is 4.79 Å². The molecule has 0 bridgehead atoms. The minimum Gasteiger partial charge on any atom is -0.496 e. The van der Waals surface area contributed by atoms with Crippen molar-refractivity contribution in [3.8, 4) is 5.75 Å². The molecule has 0 aliphatic heterocycles. The molecule has 0 fully saturated rings. The van der Waals surface area contributed by atoms with Crippen LogP contribution in [0, 0.1) is 0 Å². The number of nitrogens with zero attached hydrogens (tertiary/aromatic N) is 1. The Morgan fingerprint density at radius 1 is 1.24 bits per heavy atom. The zero-order valence-electron chi connectivity index (χ0n) is 11.8. The van der Waals surface area contributed by atoms with Crippen LogP contribution >= 0.6 is 0 Å². The molecule has 2 aromatic rings. The van der Waals surface area contributed by atoms with Crippen LogP contribution in [0.3, 0.4) is 0 Å². The Balaban J connectivity index is 2.06. The number of ether oxygens (including phenoxy) is 1. The zero-order valence-corrected chi connectivity index (χ0v) is 11.8. The second kappa shape index (κ2) is 6.74. The third-order valence-electron chi connectivity index (χ3n) is 3.29. The molecule has 0 spiro atoms. The molecule has 0 aliphatic rings. The summed E-state index contributed by atoms with van der Waals surface area (Å²) in [5.74, 6) is -0.372. The average molecular weight is 287 g/mol. The maximum atomic E-state index is 11.9. The van der Waals surface area contributed by atoms with Crippen molar-refractivity contribution in [2.45, 2.75) is 19.4 Å². The summed E-state index contributed by atoms with van der Waals surface area (Å²) in [7, 11) is 1.62. The lowest BCUT2D eigenvalue weighted by molar-refractivity contribution is 0.0694. The lowest BCUT2D eigenvalue weighted by Crippen LogP contribution is -2.25. The highest BCUT2D eigenvalue weighted by Crippen LogP contribution is 2.18. The smallest absolute Gasteiger partial charge is 0.341 e. The van der Waals surface area contributed by atoms with Crippen molar-refractivity contribution in [1.29, 1.82) is 0 Å². The monoisotopic (exact) mass is 287 g/mol. The number of hydrogen-bond donors (Lipinski definition) is 1. The zero-order chi connectivity index (χ0) is 15.2. The van der Waals surface area contributed by atoms with Crippen molar-refractivity contribution in [2.24, 2.45) is 0 Å². The van der Waals surface area contributed by atoms with Gasteiger partial charge in [-0.05, 0) is 36.6 Å². The van der Waals surface area contributed by atoms with Crippen LogP contribution in [0.2, 0.25) is 0 Å². The number of hydrogen-bond acceptors (Lipinski definition) is 3. The molecule has 0 aliphatic carbocycles. The van der Waals surface area contributed by atoms with E-state index in [0.29, 0.717) is 6.54 Å². The van der Waals surface area contributed by atoms with Crippen molar-refractivity contribution < 1.29 is 14.6 Å². The average Bonchev–Trinajstić information content (AvgIpc) is 2.49. The maximum absolute atomic E-state index is 11.9. The van der Waals surface area contributed by atoms with Gasteiger partial charge in [0.2, 0.25) is 0 Å². The molecule has 110 valence electrons. The van der Waals surface area contributed by atoms with Gasteiger partial charge in [-0.1, -0.05) is 18.2 Å². The topological polar surface area (TPSA) is 68.5 Å². The second-order valence-corrected chi connectivity index (χ2v) is 4.64. The number of rotatable bonds is 6. The minimum atomic E-state index is -1.20. The largest absolute Gasteiger partial charge is 0.496 e. The quantitative estimate of drug-likeness (QED) is 0.884. The summed E-state index contributed by atoms with van der Waals surface area (Å²) in [6.07, 6.45) is 3.09. The first-order chi connectivity index (χ1) is 10.1. The normalized spacial score (nSPS) is 10.3. The summed E-state index contributed by atoms with van der Waals surface area (Å²) in [6.45, 7) is 0.470. The van der Waals surface area contributed by atoms with E-state index < -0.39 is 11.5 Å². The van der Waals surface area contributed by atoms with Gasteiger partial charge >= 0.3 is 5.97 Å². The summed E-state index contributed by atoms with van der Waals surface area (Å²) in [4.78, 5) is 22.9. The van der Waals surface area contributed by atoms with Crippen molar-refractivity contribution in [1.82, 2.24) is 4.57 Å². The van der Waals surface area contributed by atoms with Gasteiger partial charge in [0.05, 0.1) is 7.11 Å². The fraction of sp³-hybridized carbons (Fsp3) is 0.250. The minimum absolute atomic E-state index is 0.199. The molecule has 5 nitrogen and oxygen atoms in total. The molecule has 1 aromatic carbocycles. The van der Waals surface area contributed by atoms with Crippen LogP contribution in [-0.4, -0.2) is 22.8 Å². The SMILES string of the molecule is COc1ccccc1CCCn1cccc(C(=O)O)c1=O. The number of methoxy groups -OCH3 is 1. The number of carbonyl (C=O) groups is 1. The maximum Gasteiger partial charge on any atom is 0.341 e. The van der Waals surface area contributed by atoms with Crippen LogP contribution in [0.5, 0.6) is 5.75 Å². The predicted octanol–water partition coefficient (Wildman–Crippen LogP) is 2.19. The molecule has 1 N–H and O–H groups in total. The molecule has 0 amide bonds. The molecule has 2 rings (SSSR count). The molecule has 21 heavy (non-hydrogen) atoms. The van der Waals surface area contributed by atoms with Crippen LogP contribution in [0.4, 0.5) is 0 Å². The first kappa shape index (κ1) is 14.8. The number of aromatic carboxylic acids is 1. The van der Waals surface area contributed by atoms with Crippen LogP contribution < -0.4 is 10.3 Å². The number of aromatic nitrogens is 1. The van der Waals surface area contributed by atoms with Crippen molar-refractivity contribution in [3.63, 3.8) is 0 Å². The van der Waals surface area contributed by atoms with Gasteiger partial charge in [0, 0.05) is 12.7 Å². The van der Waals surface area contributed by atoms with E-state index in [4.69, 9.17) is 9.84 Å². The van der Waals surface area contributed by atoms with Gasteiger partial charge < -0.3 is 14.4 Å². The highest BCUT2D eigenvalue weighted by molar-refractivity contribution is 5.86. The first-order valence-corrected chi connectivity index (χ1v) is 6.68. The molecule has 0 saturated heterocycles. The molecule has 0 atom stereocenters. The van der Waals surface area contributed by atoms with E-state index in [9.17, 15) is 9.59 Å². The highest BCUT2D eigenvalue weighted by Gasteiger charge is 2.10. The number of carboxylic acid groups (broad SMARTS) is 1. The molecule has 1 heterocycles. The molecule has 1 aromatic heterocycles. The van der Waals surface area contributed by atoms with E-state index >= 15 is 0 Å². The first-order valence-electron chi connectivity index (χ1n) is 6.68. The van der Waals surface area contributed by atoms with E-state index in [1.54, 1.807) is 19.4 Å². The highest BCUT2D eigenvalue weighted by atomic mass is 16.5. The summed E-state index contributed by atoms with van der Waals surface area (Å²) >= 11 is 0. The van der Waals surface area contributed by atoms with Gasteiger partial charge in [-0.15, -0.1) is 0 Å². The summed E-state index contributed by atoms with van der Waals surface area (Å²) in [6, 6.07) is 10.6. The fourth-order valence-electron chi connectivity index (χ4n) is 2.23. The van der Waals surface area contributed by atoms with E-state index in [1.807, 2.05) is 24.3 Å². The Morgan fingerprint density at radius 2 is 2.00 bits per heavy atom. The van der Waals surface area contributed by atoms with Crippen molar-refractivity contribution in [3.05, 3.63) is 64.1 Å². The number of benzene rings is 1. The lowest BCUT2D eigenvalue weighted by Gasteiger charge is -2.09. The Morgan fingerprint density at radius 3 is 2.71 bits per heavy atom. The number of carboxylic acids is 1. The summed E-state index contributed by atoms with van der Waals surface area (Å²) in [5, 5.41) is 8.93. The summed E-state index contributed by atoms with van der Waals surface area (Å²) in [5.41, 5.74) is 0.405. The van der Waals surface area contributed by atoms with E-state index in [2.05, 4.69) is 0 Å². The second-order valence-electron chi connectivity index (χ2n) is 4.64. The molecular weight excluding hydrogens is 270 g/mol. The fourth-order valence-corrected chi connectivity index (χ4v) is 2.23. The molecule has 0 radical (unpaired) electrons. The van der Waals surface area contributed by atoms with Gasteiger partial charge in [0.25, 0.3) is 5.56 Å². The van der Waals surface area contributed by atoms with Crippen LogP contribution in [-0.2, 0) is 13.0 Å². The number of para-hydroxylation sites is 1. The predicted molar refractivity (Wildman–Crippen MR) is 79.0 cm³/mol.